The zero-order chi connectivity index (χ0) is 21.1. The molecule has 2 aromatic rings. The second-order valence-electron chi connectivity index (χ2n) is 6.81. The molecule has 2 aromatic carbocycles. The highest BCUT2D eigenvalue weighted by molar-refractivity contribution is 6.32. The predicted octanol–water partition coefficient (Wildman–Crippen LogP) is 3.48. The van der Waals surface area contributed by atoms with Crippen LogP contribution in [-0.4, -0.2) is 23.0 Å². The molecular formula is C21H19ClFN3O3. The van der Waals surface area contributed by atoms with E-state index in [2.05, 4.69) is 10.6 Å². The van der Waals surface area contributed by atoms with E-state index in [1.807, 2.05) is 13.0 Å². The number of nitrogens with one attached hydrogen (secondary N) is 2. The monoisotopic (exact) mass is 415 g/mol. The maximum Gasteiger partial charge on any atom is 0.251 e. The summed E-state index contributed by atoms with van der Waals surface area (Å²) in [5, 5.41) is 25.3. The van der Waals surface area contributed by atoms with Crippen LogP contribution < -0.4 is 10.6 Å². The van der Waals surface area contributed by atoms with Gasteiger partial charge in [0.05, 0.1) is 28.7 Å². The topological polar surface area (TPSA) is 102 Å². The number of amides is 2. The van der Waals surface area contributed by atoms with E-state index in [0.29, 0.717) is 24.0 Å². The van der Waals surface area contributed by atoms with Gasteiger partial charge in [0.25, 0.3) is 5.91 Å². The number of halogens is 2. The number of carbonyl (C=O) groups excluding carboxylic acids is 2. The largest absolute Gasteiger partial charge is 0.386 e. The summed E-state index contributed by atoms with van der Waals surface area (Å²) in [5.41, 5.74) is 1.04. The molecule has 0 fully saturated rings. The molecule has 0 unspecified atom stereocenters. The lowest BCUT2D eigenvalue weighted by Gasteiger charge is -2.25. The Labute approximate surface area is 172 Å². The molecular weight excluding hydrogens is 397 g/mol. The molecule has 1 heterocycles. The molecule has 0 aromatic heterocycles. The Hall–Kier alpha value is -2.95. The van der Waals surface area contributed by atoms with Crippen molar-refractivity contribution >= 4 is 29.1 Å². The Bertz CT molecular complexity index is 1020. The summed E-state index contributed by atoms with van der Waals surface area (Å²) in [7, 11) is 0. The number of benzene rings is 2. The van der Waals surface area contributed by atoms with Crippen LogP contribution in [0.5, 0.6) is 0 Å². The van der Waals surface area contributed by atoms with Gasteiger partial charge in [-0.2, -0.15) is 5.26 Å². The van der Waals surface area contributed by atoms with Crippen molar-refractivity contribution in [3.63, 3.8) is 0 Å². The van der Waals surface area contributed by atoms with E-state index in [1.54, 1.807) is 12.1 Å². The van der Waals surface area contributed by atoms with Crippen LogP contribution >= 0.6 is 11.6 Å². The zero-order valence-electron chi connectivity index (χ0n) is 15.6. The maximum atomic E-state index is 13.9. The number of carbonyl (C=O) groups is 2. The lowest BCUT2D eigenvalue weighted by molar-refractivity contribution is -0.115. The molecule has 6 nitrogen and oxygen atoms in total. The second-order valence-corrected chi connectivity index (χ2v) is 7.19. The van der Waals surface area contributed by atoms with Crippen LogP contribution in [0.25, 0.3) is 0 Å². The van der Waals surface area contributed by atoms with Crippen molar-refractivity contribution in [3.8, 4) is 6.07 Å². The third-order valence-electron chi connectivity index (χ3n) is 4.87. The van der Waals surface area contributed by atoms with E-state index in [-0.39, 0.29) is 34.2 Å². The highest BCUT2D eigenvalue weighted by Gasteiger charge is 2.30. The van der Waals surface area contributed by atoms with Gasteiger partial charge in [-0.1, -0.05) is 37.1 Å². The first kappa shape index (κ1) is 20.8. The lowest BCUT2D eigenvalue weighted by atomic mass is 9.96. The van der Waals surface area contributed by atoms with Gasteiger partial charge in [0.2, 0.25) is 5.91 Å². The van der Waals surface area contributed by atoms with Crippen LogP contribution in [0.15, 0.2) is 30.3 Å². The first-order valence-corrected chi connectivity index (χ1v) is 9.53. The highest BCUT2D eigenvalue weighted by atomic mass is 35.5. The lowest BCUT2D eigenvalue weighted by Crippen LogP contribution is -2.39. The number of hydrogen-bond donors (Lipinski definition) is 3. The summed E-state index contributed by atoms with van der Waals surface area (Å²) in [6, 6.07) is 8.46. The molecule has 150 valence electrons. The normalized spacial score (nSPS) is 14.5. The van der Waals surface area contributed by atoms with Gasteiger partial charge in [-0.3, -0.25) is 9.59 Å². The first-order valence-electron chi connectivity index (χ1n) is 9.16. The SMILES string of the molecule is CCC[C@@H](NC(=O)c1ccc(F)c2c1CC(=O)N2)[C@@H](O)c1cccc(C#N)c1Cl. The van der Waals surface area contributed by atoms with Crippen LogP contribution in [0.4, 0.5) is 10.1 Å². The van der Waals surface area contributed by atoms with Crippen molar-refractivity contribution in [2.75, 3.05) is 5.32 Å². The molecule has 2 atom stereocenters. The Morgan fingerprint density at radius 3 is 2.86 bits per heavy atom. The Kier molecular flexibility index (Phi) is 6.16. The molecule has 3 N–H and O–H groups in total. The average molecular weight is 416 g/mol. The van der Waals surface area contributed by atoms with Crippen LogP contribution in [0.1, 0.15) is 52.9 Å². The Morgan fingerprint density at radius 1 is 1.41 bits per heavy atom. The molecule has 0 saturated carbocycles. The number of fused-ring (bicyclic) bond motifs is 1. The smallest absolute Gasteiger partial charge is 0.251 e. The zero-order valence-corrected chi connectivity index (χ0v) is 16.4. The molecule has 8 heteroatoms. The van der Waals surface area contributed by atoms with Gasteiger partial charge < -0.3 is 15.7 Å². The number of aliphatic hydroxyl groups is 1. The number of rotatable bonds is 6. The first-order chi connectivity index (χ1) is 13.9. The number of nitriles is 1. The van der Waals surface area contributed by atoms with Gasteiger partial charge in [-0.25, -0.2) is 4.39 Å². The van der Waals surface area contributed by atoms with Crippen LogP contribution in [0.2, 0.25) is 5.02 Å². The van der Waals surface area contributed by atoms with Crippen LogP contribution in [-0.2, 0) is 11.2 Å². The number of nitrogens with zero attached hydrogens (tertiary/aromatic N) is 1. The van der Waals surface area contributed by atoms with E-state index in [9.17, 15) is 19.1 Å². The Morgan fingerprint density at radius 2 is 2.17 bits per heavy atom. The van der Waals surface area contributed by atoms with Gasteiger partial charge in [-0.05, 0) is 24.6 Å². The summed E-state index contributed by atoms with van der Waals surface area (Å²) in [6.07, 6.45) is -0.125. The van der Waals surface area contributed by atoms with Crippen molar-refractivity contribution in [1.82, 2.24) is 5.32 Å². The van der Waals surface area contributed by atoms with E-state index in [1.165, 1.54) is 12.1 Å². The van der Waals surface area contributed by atoms with Gasteiger partial charge in [0.15, 0.2) is 0 Å². The third-order valence-corrected chi connectivity index (χ3v) is 5.30. The molecule has 3 rings (SSSR count). The minimum Gasteiger partial charge on any atom is -0.386 e. The molecule has 0 aliphatic carbocycles. The summed E-state index contributed by atoms with van der Waals surface area (Å²) in [6.45, 7) is 1.90. The summed E-state index contributed by atoms with van der Waals surface area (Å²) in [4.78, 5) is 24.5. The second kappa shape index (κ2) is 8.60. The third kappa shape index (κ3) is 4.09. The van der Waals surface area contributed by atoms with Crippen LogP contribution in [0.3, 0.4) is 0 Å². The number of anilines is 1. The van der Waals surface area contributed by atoms with Crippen molar-refractivity contribution in [1.29, 1.82) is 5.26 Å². The molecule has 1 aliphatic heterocycles. The van der Waals surface area contributed by atoms with Crippen molar-refractivity contribution in [3.05, 3.63) is 63.4 Å². The molecule has 0 bridgehead atoms. The van der Waals surface area contributed by atoms with Crippen molar-refractivity contribution < 1.29 is 19.1 Å². The molecule has 0 spiro atoms. The summed E-state index contributed by atoms with van der Waals surface area (Å²) in [5.74, 6) is -1.51. The fraction of sp³-hybridized carbons (Fsp3) is 0.286. The molecule has 2 amide bonds. The van der Waals surface area contributed by atoms with Gasteiger partial charge in [0.1, 0.15) is 18.0 Å². The van der Waals surface area contributed by atoms with Gasteiger partial charge in [0, 0.05) is 16.7 Å². The average Bonchev–Trinajstić information content (AvgIpc) is 3.09. The highest BCUT2D eigenvalue weighted by Crippen LogP contribution is 2.32. The molecule has 0 saturated heterocycles. The minimum absolute atomic E-state index is 0.0139. The quantitative estimate of drug-likeness (QED) is 0.672. The van der Waals surface area contributed by atoms with Crippen LogP contribution in [0, 0.1) is 17.1 Å². The van der Waals surface area contributed by atoms with E-state index in [0.717, 1.165) is 6.07 Å². The van der Waals surface area contributed by atoms with E-state index >= 15 is 0 Å². The molecule has 29 heavy (non-hydrogen) atoms. The van der Waals surface area contributed by atoms with Crippen molar-refractivity contribution in [2.24, 2.45) is 0 Å². The number of aliphatic hydroxyl groups excluding tert-OH is 1. The summed E-state index contributed by atoms with van der Waals surface area (Å²) >= 11 is 6.23. The number of hydrogen-bond acceptors (Lipinski definition) is 4. The fourth-order valence-corrected chi connectivity index (χ4v) is 3.72. The molecule has 1 aliphatic rings. The Balaban J connectivity index is 1.89. The van der Waals surface area contributed by atoms with E-state index in [4.69, 9.17) is 16.9 Å². The predicted molar refractivity (Wildman–Crippen MR) is 106 cm³/mol. The van der Waals surface area contributed by atoms with Crippen molar-refractivity contribution in [2.45, 2.75) is 38.3 Å². The standard InChI is InChI=1S/C21H19ClFN3O3/c1-2-4-16(20(28)13-6-3-5-11(10-24)18(13)22)25-21(29)12-7-8-15(23)19-14(12)9-17(27)26-19/h3,5-8,16,20,28H,2,4,9H2,1H3,(H,25,29)(H,26,27)/t16-,20+/m1/s1. The van der Waals surface area contributed by atoms with E-state index < -0.39 is 23.9 Å². The summed E-state index contributed by atoms with van der Waals surface area (Å²) < 4.78 is 13.9. The van der Waals surface area contributed by atoms with Gasteiger partial charge in [-0.15, -0.1) is 0 Å². The maximum absolute atomic E-state index is 13.9. The molecule has 0 radical (unpaired) electrons. The minimum atomic E-state index is -1.15. The fourth-order valence-electron chi connectivity index (χ4n) is 3.44. The van der Waals surface area contributed by atoms with Gasteiger partial charge >= 0.3 is 0 Å².